The third-order valence-electron chi connectivity index (χ3n) is 5.41. The number of pyridine rings is 1. The van der Waals surface area contributed by atoms with E-state index >= 15 is 0 Å². The smallest absolute Gasteiger partial charge is 0.233 e. The molecule has 2 aromatic rings. The first-order chi connectivity index (χ1) is 12.4. The van der Waals surface area contributed by atoms with Gasteiger partial charge in [-0.1, -0.05) is 6.07 Å². The SMILES string of the molecule is CC1(C)OCC(C)(C(=O)N2CCCC(c3nnc4ccccn34)C2)CO1. The first-order valence-corrected chi connectivity index (χ1v) is 9.25. The Balaban J connectivity index is 1.51. The fourth-order valence-electron chi connectivity index (χ4n) is 3.77. The van der Waals surface area contributed by atoms with Crippen molar-refractivity contribution in [2.45, 2.75) is 45.3 Å². The number of hydrogen-bond donors (Lipinski definition) is 0. The summed E-state index contributed by atoms with van der Waals surface area (Å²) in [5.41, 5.74) is 0.207. The molecule has 1 amide bonds. The third kappa shape index (κ3) is 3.10. The number of piperidine rings is 1. The lowest BCUT2D eigenvalue weighted by atomic mass is 9.87. The molecule has 140 valence electrons. The Kier molecular flexibility index (Phi) is 4.23. The van der Waals surface area contributed by atoms with Crippen LogP contribution in [-0.2, 0) is 14.3 Å². The Bertz CT molecular complexity index is 806. The second kappa shape index (κ2) is 6.32. The molecule has 2 aliphatic rings. The van der Waals surface area contributed by atoms with E-state index in [1.807, 2.05) is 54.5 Å². The summed E-state index contributed by atoms with van der Waals surface area (Å²) in [6.07, 6.45) is 3.95. The summed E-state index contributed by atoms with van der Waals surface area (Å²) >= 11 is 0. The molecule has 7 heteroatoms. The van der Waals surface area contributed by atoms with Crippen LogP contribution in [0.5, 0.6) is 0 Å². The maximum Gasteiger partial charge on any atom is 0.233 e. The highest BCUT2D eigenvalue weighted by Gasteiger charge is 2.45. The van der Waals surface area contributed by atoms with Crippen LogP contribution in [0.3, 0.4) is 0 Å². The predicted octanol–water partition coefficient (Wildman–Crippen LogP) is 2.22. The van der Waals surface area contributed by atoms with Crippen LogP contribution in [-0.4, -0.2) is 57.5 Å². The summed E-state index contributed by atoms with van der Waals surface area (Å²) < 4.78 is 13.5. The molecule has 7 nitrogen and oxygen atoms in total. The molecule has 26 heavy (non-hydrogen) atoms. The number of hydrogen-bond acceptors (Lipinski definition) is 5. The molecule has 1 unspecified atom stereocenters. The van der Waals surface area contributed by atoms with E-state index in [1.165, 1.54) is 0 Å². The number of fused-ring (bicyclic) bond motifs is 1. The fraction of sp³-hybridized carbons (Fsp3) is 0.632. The minimum absolute atomic E-state index is 0.103. The standard InChI is InChI=1S/C19H26N4O3/c1-18(2)25-12-19(3,13-26-18)17(24)22-9-6-7-14(11-22)16-21-20-15-8-4-5-10-23(15)16/h4-5,8,10,14H,6-7,9,11-13H2,1-3H3. The fourth-order valence-corrected chi connectivity index (χ4v) is 3.77. The topological polar surface area (TPSA) is 69.0 Å². The Labute approximate surface area is 153 Å². The van der Waals surface area contributed by atoms with Crippen LogP contribution in [0.2, 0.25) is 0 Å². The molecular weight excluding hydrogens is 332 g/mol. The van der Waals surface area contributed by atoms with Gasteiger partial charge in [-0.3, -0.25) is 9.20 Å². The monoisotopic (exact) mass is 358 g/mol. The van der Waals surface area contributed by atoms with Crippen molar-refractivity contribution in [3.05, 3.63) is 30.2 Å². The van der Waals surface area contributed by atoms with Gasteiger partial charge in [-0.15, -0.1) is 10.2 Å². The number of ether oxygens (including phenoxy) is 2. The van der Waals surface area contributed by atoms with Crippen molar-refractivity contribution in [1.82, 2.24) is 19.5 Å². The zero-order valence-corrected chi connectivity index (χ0v) is 15.6. The molecular formula is C19H26N4O3. The molecule has 2 saturated heterocycles. The molecule has 2 aliphatic heterocycles. The largest absolute Gasteiger partial charge is 0.349 e. The van der Waals surface area contributed by atoms with Gasteiger partial charge in [0, 0.05) is 25.2 Å². The molecule has 1 atom stereocenters. The van der Waals surface area contributed by atoms with Gasteiger partial charge in [-0.05, 0) is 45.7 Å². The van der Waals surface area contributed by atoms with Crippen LogP contribution in [0.15, 0.2) is 24.4 Å². The molecule has 0 radical (unpaired) electrons. The summed E-state index contributed by atoms with van der Waals surface area (Å²) in [5.74, 6) is 0.604. The molecule has 2 aromatic heterocycles. The maximum atomic E-state index is 13.2. The Hall–Kier alpha value is -1.99. The second-order valence-electron chi connectivity index (χ2n) is 8.12. The zero-order chi connectivity index (χ0) is 18.4. The Morgan fingerprint density at radius 1 is 1.19 bits per heavy atom. The highest BCUT2D eigenvalue weighted by Crippen LogP contribution is 2.34. The maximum absolute atomic E-state index is 13.2. The van der Waals surface area contributed by atoms with Crippen LogP contribution >= 0.6 is 0 Å². The lowest BCUT2D eigenvalue weighted by Gasteiger charge is -2.44. The summed E-state index contributed by atoms with van der Waals surface area (Å²) in [6, 6.07) is 5.88. The summed E-state index contributed by atoms with van der Waals surface area (Å²) in [7, 11) is 0. The lowest BCUT2D eigenvalue weighted by molar-refractivity contribution is -0.279. The zero-order valence-electron chi connectivity index (χ0n) is 15.6. The molecule has 4 heterocycles. The highest BCUT2D eigenvalue weighted by atomic mass is 16.7. The number of carbonyl (C=O) groups excluding carboxylic acids is 1. The average Bonchev–Trinajstić information content (AvgIpc) is 3.08. The van der Waals surface area contributed by atoms with Gasteiger partial charge in [0.15, 0.2) is 11.4 Å². The van der Waals surface area contributed by atoms with Gasteiger partial charge in [0.2, 0.25) is 5.91 Å². The molecule has 4 rings (SSSR count). The van der Waals surface area contributed by atoms with Crippen molar-refractivity contribution in [2.75, 3.05) is 26.3 Å². The van der Waals surface area contributed by atoms with Crippen LogP contribution in [0.25, 0.3) is 5.65 Å². The van der Waals surface area contributed by atoms with Crippen molar-refractivity contribution in [3.8, 4) is 0 Å². The first-order valence-electron chi connectivity index (χ1n) is 9.25. The van der Waals surface area contributed by atoms with Crippen LogP contribution in [0.1, 0.15) is 45.4 Å². The summed E-state index contributed by atoms with van der Waals surface area (Å²) in [6.45, 7) is 7.88. The van der Waals surface area contributed by atoms with Gasteiger partial charge >= 0.3 is 0 Å². The van der Waals surface area contributed by atoms with Gasteiger partial charge in [0.05, 0.1) is 18.6 Å². The minimum atomic E-state index is -0.635. The number of carbonyl (C=O) groups is 1. The molecule has 0 N–H and O–H groups in total. The van der Waals surface area contributed by atoms with Crippen LogP contribution in [0.4, 0.5) is 0 Å². The molecule has 0 saturated carbocycles. The normalized spacial score (nSPS) is 25.3. The van der Waals surface area contributed by atoms with Crippen molar-refractivity contribution in [3.63, 3.8) is 0 Å². The number of amides is 1. The lowest BCUT2D eigenvalue weighted by Crippen LogP contribution is -2.55. The first kappa shape index (κ1) is 17.4. The van der Waals surface area contributed by atoms with E-state index in [9.17, 15) is 4.79 Å². The predicted molar refractivity (Wildman–Crippen MR) is 95.6 cm³/mol. The van der Waals surface area contributed by atoms with Gasteiger partial charge < -0.3 is 14.4 Å². The van der Waals surface area contributed by atoms with E-state index in [0.717, 1.165) is 30.9 Å². The van der Waals surface area contributed by atoms with Crippen molar-refractivity contribution in [2.24, 2.45) is 5.41 Å². The van der Waals surface area contributed by atoms with E-state index in [4.69, 9.17) is 9.47 Å². The van der Waals surface area contributed by atoms with Gasteiger partial charge in [0.25, 0.3) is 0 Å². The Morgan fingerprint density at radius 2 is 1.96 bits per heavy atom. The van der Waals surface area contributed by atoms with Gasteiger partial charge in [-0.2, -0.15) is 0 Å². The van der Waals surface area contributed by atoms with Crippen LogP contribution in [0, 0.1) is 5.41 Å². The molecule has 0 spiro atoms. The van der Waals surface area contributed by atoms with Gasteiger partial charge in [-0.25, -0.2) is 0 Å². The van der Waals surface area contributed by atoms with Crippen molar-refractivity contribution >= 4 is 11.6 Å². The second-order valence-corrected chi connectivity index (χ2v) is 8.12. The highest BCUT2D eigenvalue weighted by molar-refractivity contribution is 5.83. The summed E-state index contributed by atoms with van der Waals surface area (Å²) in [5, 5.41) is 8.64. The molecule has 0 bridgehead atoms. The summed E-state index contributed by atoms with van der Waals surface area (Å²) in [4.78, 5) is 15.1. The van der Waals surface area contributed by atoms with Crippen LogP contribution < -0.4 is 0 Å². The van der Waals surface area contributed by atoms with E-state index in [-0.39, 0.29) is 11.8 Å². The Morgan fingerprint density at radius 3 is 2.73 bits per heavy atom. The minimum Gasteiger partial charge on any atom is -0.349 e. The molecule has 2 fully saturated rings. The number of rotatable bonds is 2. The van der Waals surface area contributed by atoms with E-state index in [1.54, 1.807) is 0 Å². The van der Waals surface area contributed by atoms with Crippen molar-refractivity contribution < 1.29 is 14.3 Å². The quantitative estimate of drug-likeness (QED) is 0.823. The number of nitrogens with zero attached hydrogens (tertiary/aromatic N) is 4. The molecule has 0 aliphatic carbocycles. The van der Waals surface area contributed by atoms with Gasteiger partial charge in [0.1, 0.15) is 5.82 Å². The number of likely N-dealkylation sites (tertiary alicyclic amines) is 1. The van der Waals surface area contributed by atoms with Crippen molar-refractivity contribution in [1.29, 1.82) is 0 Å². The average molecular weight is 358 g/mol. The molecule has 0 aromatic carbocycles. The van der Waals surface area contributed by atoms with E-state index in [2.05, 4.69) is 10.2 Å². The third-order valence-corrected chi connectivity index (χ3v) is 5.41. The van der Waals surface area contributed by atoms with E-state index in [0.29, 0.717) is 19.8 Å². The number of aromatic nitrogens is 3. The van der Waals surface area contributed by atoms with E-state index < -0.39 is 11.2 Å².